The number of aliphatic hydroxyl groups is 1. The smallest absolute Gasteiger partial charge is 0.127 e. The van der Waals surface area contributed by atoms with Crippen molar-refractivity contribution in [2.45, 2.75) is 13.3 Å². The summed E-state index contributed by atoms with van der Waals surface area (Å²) in [6.45, 7) is 2.23. The van der Waals surface area contributed by atoms with Crippen molar-refractivity contribution in [3.63, 3.8) is 0 Å². The van der Waals surface area contributed by atoms with Crippen LogP contribution in [0.2, 0.25) is 0 Å². The Bertz CT molecular complexity index is 457. The van der Waals surface area contributed by atoms with Gasteiger partial charge in [0.2, 0.25) is 0 Å². The van der Waals surface area contributed by atoms with Crippen LogP contribution in [0.5, 0.6) is 11.5 Å². The maximum Gasteiger partial charge on any atom is 0.127 e. The topological polar surface area (TPSA) is 29.5 Å². The maximum atomic E-state index is 8.82. The zero-order valence-electron chi connectivity index (χ0n) is 9.89. The molecule has 2 nitrogen and oxygen atoms in total. The van der Waals surface area contributed by atoms with E-state index in [2.05, 4.69) is 0 Å². The summed E-state index contributed by atoms with van der Waals surface area (Å²) in [6, 6.07) is 15.7. The van der Waals surface area contributed by atoms with Crippen LogP contribution in [-0.4, -0.2) is 11.7 Å². The molecule has 0 radical (unpaired) electrons. The molecule has 2 aromatic rings. The Morgan fingerprint density at radius 3 is 1.94 bits per heavy atom. The minimum atomic E-state index is 0.179. The average Bonchev–Trinajstić information content (AvgIpc) is 2.35. The van der Waals surface area contributed by atoms with Crippen LogP contribution < -0.4 is 4.74 Å². The predicted molar refractivity (Wildman–Crippen MR) is 68.5 cm³/mol. The molecule has 0 aromatic heterocycles. The average molecular weight is 228 g/mol. The van der Waals surface area contributed by atoms with Crippen LogP contribution in [0.1, 0.15) is 11.1 Å². The molecule has 0 fully saturated rings. The van der Waals surface area contributed by atoms with Crippen molar-refractivity contribution in [3.05, 3.63) is 59.7 Å². The highest BCUT2D eigenvalue weighted by atomic mass is 16.5. The molecule has 0 aliphatic carbocycles. The predicted octanol–water partition coefficient (Wildman–Crippen LogP) is 3.32. The molecule has 0 amide bonds. The van der Waals surface area contributed by atoms with Crippen LogP contribution in [0, 0.1) is 6.92 Å². The minimum absolute atomic E-state index is 0.179. The second-order valence-corrected chi connectivity index (χ2v) is 4.03. The van der Waals surface area contributed by atoms with Gasteiger partial charge in [0.25, 0.3) is 0 Å². The summed E-state index contributed by atoms with van der Waals surface area (Å²) < 4.78 is 5.70. The van der Waals surface area contributed by atoms with Gasteiger partial charge in [-0.05, 0) is 43.2 Å². The van der Waals surface area contributed by atoms with Gasteiger partial charge in [0.15, 0.2) is 0 Å². The van der Waals surface area contributed by atoms with Crippen molar-refractivity contribution in [2.75, 3.05) is 6.61 Å². The van der Waals surface area contributed by atoms with Crippen LogP contribution in [0.15, 0.2) is 48.5 Å². The molecule has 0 aliphatic rings. The summed E-state index contributed by atoms with van der Waals surface area (Å²) in [5.74, 6) is 1.65. The van der Waals surface area contributed by atoms with Crippen LogP contribution in [-0.2, 0) is 6.42 Å². The Morgan fingerprint density at radius 2 is 1.41 bits per heavy atom. The number of rotatable bonds is 4. The fourth-order valence-corrected chi connectivity index (χ4v) is 1.60. The molecule has 0 heterocycles. The standard InChI is InChI=1S/C15H16O2/c1-12-2-6-14(7-3-12)17-15-8-4-13(5-9-15)10-11-16/h2-9,16H,10-11H2,1H3. The lowest BCUT2D eigenvalue weighted by Gasteiger charge is -2.06. The first-order chi connectivity index (χ1) is 8.28. The SMILES string of the molecule is Cc1ccc(Oc2ccc(CCO)cc2)cc1. The van der Waals surface area contributed by atoms with Crippen LogP contribution in [0.4, 0.5) is 0 Å². The van der Waals surface area contributed by atoms with Gasteiger partial charge in [0, 0.05) is 6.61 Å². The second kappa shape index (κ2) is 5.51. The molecule has 0 spiro atoms. The Balaban J connectivity index is 2.05. The number of benzene rings is 2. The highest BCUT2D eigenvalue weighted by molar-refractivity contribution is 5.34. The van der Waals surface area contributed by atoms with Crippen LogP contribution in [0.25, 0.3) is 0 Å². The largest absolute Gasteiger partial charge is 0.457 e. The Kier molecular flexibility index (Phi) is 3.78. The third-order valence-corrected chi connectivity index (χ3v) is 2.58. The molecule has 0 bridgehead atoms. The van der Waals surface area contributed by atoms with Gasteiger partial charge >= 0.3 is 0 Å². The van der Waals surface area contributed by atoms with E-state index in [1.165, 1.54) is 5.56 Å². The number of hydrogen-bond donors (Lipinski definition) is 1. The van der Waals surface area contributed by atoms with Gasteiger partial charge in [-0.2, -0.15) is 0 Å². The van der Waals surface area contributed by atoms with Gasteiger partial charge in [0.05, 0.1) is 0 Å². The van der Waals surface area contributed by atoms with E-state index in [0.717, 1.165) is 17.1 Å². The zero-order valence-corrected chi connectivity index (χ0v) is 9.89. The van der Waals surface area contributed by atoms with Gasteiger partial charge in [0.1, 0.15) is 11.5 Å². The molecule has 2 aromatic carbocycles. The third-order valence-electron chi connectivity index (χ3n) is 2.58. The molecule has 2 heteroatoms. The Morgan fingerprint density at radius 1 is 0.882 bits per heavy atom. The van der Waals surface area contributed by atoms with Gasteiger partial charge < -0.3 is 9.84 Å². The molecule has 0 saturated carbocycles. The summed E-state index contributed by atoms with van der Waals surface area (Å²) in [4.78, 5) is 0. The molecule has 0 atom stereocenters. The molecule has 0 saturated heterocycles. The van der Waals surface area contributed by atoms with E-state index < -0.39 is 0 Å². The number of aliphatic hydroxyl groups excluding tert-OH is 1. The normalized spacial score (nSPS) is 10.2. The molecule has 88 valence electrons. The van der Waals surface area contributed by atoms with E-state index in [0.29, 0.717) is 6.42 Å². The van der Waals surface area contributed by atoms with Crippen LogP contribution >= 0.6 is 0 Å². The van der Waals surface area contributed by atoms with E-state index in [9.17, 15) is 0 Å². The van der Waals surface area contributed by atoms with Crippen molar-refractivity contribution in [3.8, 4) is 11.5 Å². The minimum Gasteiger partial charge on any atom is -0.457 e. The highest BCUT2D eigenvalue weighted by Crippen LogP contribution is 2.21. The molecular formula is C15H16O2. The van der Waals surface area contributed by atoms with Crippen molar-refractivity contribution >= 4 is 0 Å². The fraction of sp³-hybridized carbons (Fsp3) is 0.200. The number of ether oxygens (including phenoxy) is 1. The molecule has 1 N–H and O–H groups in total. The van der Waals surface area contributed by atoms with Gasteiger partial charge in [-0.3, -0.25) is 0 Å². The second-order valence-electron chi connectivity index (χ2n) is 4.03. The number of hydrogen-bond acceptors (Lipinski definition) is 2. The van der Waals surface area contributed by atoms with Crippen molar-refractivity contribution in [1.29, 1.82) is 0 Å². The van der Waals surface area contributed by atoms with E-state index in [1.54, 1.807) is 0 Å². The maximum absolute atomic E-state index is 8.82. The van der Waals surface area contributed by atoms with E-state index in [4.69, 9.17) is 9.84 Å². The van der Waals surface area contributed by atoms with Gasteiger partial charge in [-0.15, -0.1) is 0 Å². The van der Waals surface area contributed by atoms with Crippen molar-refractivity contribution < 1.29 is 9.84 Å². The van der Waals surface area contributed by atoms with E-state index in [-0.39, 0.29) is 6.61 Å². The highest BCUT2D eigenvalue weighted by Gasteiger charge is 1.97. The van der Waals surface area contributed by atoms with Crippen molar-refractivity contribution in [2.24, 2.45) is 0 Å². The summed E-state index contributed by atoms with van der Waals surface area (Å²) >= 11 is 0. The molecule has 17 heavy (non-hydrogen) atoms. The summed E-state index contributed by atoms with van der Waals surface area (Å²) in [5.41, 5.74) is 2.33. The zero-order chi connectivity index (χ0) is 12.1. The lowest BCUT2D eigenvalue weighted by Crippen LogP contribution is -1.90. The molecule has 0 aliphatic heterocycles. The van der Waals surface area contributed by atoms with Gasteiger partial charge in [-0.1, -0.05) is 29.8 Å². The Labute approximate surface area is 101 Å². The van der Waals surface area contributed by atoms with E-state index >= 15 is 0 Å². The lowest BCUT2D eigenvalue weighted by molar-refractivity contribution is 0.299. The number of aryl methyl sites for hydroxylation is 1. The molecular weight excluding hydrogens is 212 g/mol. The lowest BCUT2D eigenvalue weighted by atomic mass is 10.1. The first-order valence-electron chi connectivity index (χ1n) is 5.72. The molecule has 0 unspecified atom stereocenters. The first kappa shape index (κ1) is 11.7. The van der Waals surface area contributed by atoms with Crippen molar-refractivity contribution in [1.82, 2.24) is 0 Å². The van der Waals surface area contributed by atoms with Crippen LogP contribution in [0.3, 0.4) is 0 Å². The summed E-state index contributed by atoms with van der Waals surface area (Å²) in [6.07, 6.45) is 0.685. The monoisotopic (exact) mass is 228 g/mol. The summed E-state index contributed by atoms with van der Waals surface area (Å²) in [7, 11) is 0. The molecule has 2 rings (SSSR count). The fourth-order valence-electron chi connectivity index (χ4n) is 1.60. The Hall–Kier alpha value is -1.80. The van der Waals surface area contributed by atoms with Gasteiger partial charge in [-0.25, -0.2) is 0 Å². The quantitative estimate of drug-likeness (QED) is 0.869. The summed E-state index contributed by atoms with van der Waals surface area (Å²) in [5, 5.41) is 8.82. The first-order valence-corrected chi connectivity index (χ1v) is 5.72. The third kappa shape index (κ3) is 3.33. The van der Waals surface area contributed by atoms with E-state index in [1.807, 2.05) is 55.5 Å².